The molecule has 232 valence electrons. The Hall–Kier alpha value is -3.87. The van der Waals surface area contributed by atoms with E-state index in [9.17, 15) is 9.59 Å². The molecular weight excluding hydrogens is 600 g/mol. The predicted octanol–water partition coefficient (Wildman–Crippen LogP) is 10.3. The summed E-state index contributed by atoms with van der Waals surface area (Å²) in [6.07, 6.45) is 4.75. The molecule has 0 aliphatic heterocycles. The molecule has 1 aromatic heterocycles. The van der Waals surface area contributed by atoms with Crippen LogP contribution in [0.1, 0.15) is 77.8 Å². The molecule has 0 saturated heterocycles. The molecule has 0 unspecified atom stereocenters. The van der Waals surface area contributed by atoms with Crippen molar-refractivity contribution in [2.24, 2.45) is 5.16 Å². The number of benzene rings is 4. The van der Waals surface area contributed by atoms with Gasteiger partial charge in [-0.3, -0.25) is 9.59 Å². The first-order chi connectivity index (χ1) is 21.9. The number of thioether (sulfide) groups is 1. The number of fused-ring (bicyclic) bond motifs is 3. The molecule has 0 atom stereocenters. The molecule has 0 amide bonds. The predicted molar refractivity (Wildman–Crippen MR) is 188 cm³/mol. The van der Waals surface area contributed by atoms with Crippen LogP contribution in [-0.2, 0) is 11.4 Å². The number of rotatable bonds is 15. The van der Waals surface area contributed by atoms with Crippen LogP contribution >= 0.6 is 23.4 Å². The zero-order valence-electron chi connectivity index (χ0n) is 26.1. The van der Waals surface area contributed by atoms with E-state index < -0.39 is 0 Å². The smallest absolute Gasteiger partial charge is 0.210 e. The number of hydrogen-bond acceptors (Lipinski definition) is 5. The molecule has 5 rings (SSSR count). The van der Waals surface area contributed by atoms with Crippen LogP contribution in [0.25, 0.3) is 21.8 Å². The summed E-state index contributed by atoms with van der Waals surface area (Å²) in [5.41, 5.74) is 5.27. The van der Waals surface area contributed by atoms with Gasteiger partial charge < -0.3 is 9.40 Å². The van der Waals surface area contributed by atoms with Gasteiger partial charge in [0.25, 0.3) is 0 Å². The summed E-state index contributed by atoms with van der Waals surface area (Å²) in [6, 6.07) is 27.0. The van der Waals surface area contributed by atoms with E-state index in [1.54, 1.807) is 11.8 Å². The molecule has 0 aliphatic carbocycles. The number of ketones is 2. The van der Waals surface area contributed by atoms with Crippen LogP contribution in [0.3, 0.4) is 0 Å². The number of nitrogens with zero attached hydrogens (tertiary/aromatic N) is 2. The van der Waals surface area contributed by atoms with Gasteiger partial charge in [-0.15, -0.1) is 11.8 Å². The van der Waals surface area contributed by atoms with E-state index in [4.69, 9.17) is 16.4 Å². The Balaban J connectivity index is 1.45. The molecular formula is C38H39ClN2O3S. The van der Waals surface area contributed by atoms with Gasteiger partial charge in [-0.05, 0) is 92.9 Å². The van der Waals surface area contributed by atoms with Crippen molar-refractivity contribution in [1.82, 2.24) is 4.57 Å². The van der Waals surface area contributed by atoms with Crippen molar-refractivity contribution in [2.45, 2.75) is 64.3 Å². The minimum atomic E-state index is -0.147. The van der Waals surface area contributed by atoms with E-state index in [1.165, 1.54) is 0 Å². The minimum absolute atomic E-state index is 0.0108. The van der Waals surface area contributed by atoms with Crippen molar-refractivity contribution in [2.75, 3.05) is 12.4 Å². The standard InChI is InChI=1S/C38H39ClN2O3S/c1-4-6-7-10-22-44-40-34(21-23-45-30-17-15-29(39)16-18-30)38(43)28-14-20-36-33(25-28)32-24-27(13-19-35(32)41(36)5-2)37(42)31-12-9-8-11-26(31)3/h8-9,11-20,24-25H,4-7,10,21-23H2,1-3H3/b40-34+. The summed E-state index contributed by atoms with van der Waals surface area (Å²) in [5, 5.41) is 6.95. The van der Waals surface area contributed by atoms with Crippen molar-refractivity contribution in [3.8, 4) is 0 Å². The third-order valence-electron chi connectivity index (χ3n) is 8.04. The summed E-state index contributed by atoms with van der Waals surface area (Å²) < 4.78 is 2.22. The normalized spacial score (nSPS) is 11.8. The molecule has 0 bridgehead atoms. The van der Waals surface area contributed by atoms with Gasteiger partial charge in [-0.25, -0.2) is 0 Å². The van der Waals surface area contributed by atoms with Crippen LogP contribution in [-0.4, -0.2) is 34.2 Å². The van der Waals surface area contributed by atoms with E-state index in [0.717, 1.165) is 64.5 Å². The highest BCUT2D eigenvalue weighted by molar-refractivity contribution is 7.99. The second-order valence-corrected chi connectivity index (χ2v) is 12.8. The van der Waals surface area contributed by atoms with Crippen molar-refractivity contribution >= 4 is 62.4 Å². The first-order valence-corrected chi connectivity index (χ1v) is 17.1. The third kappa shape index (κ3) is 7.69. The summed E-state index contributed by atoms with van der Waals surface area (Å²) in [4.78, 5) is 34.2. The molecule has 1 heterocycles. The molecule has 5 nitrogen and oxygen atoms in total. The second-order valence-electron chi connectivity index (χ2n) is 11.2. The highest BCUT2D eigenvalue weighted by atomic mass is 35.5. The Labute approximate surface area is 274 Å². The zero-order chi connectivity index (χ0) is 31.8. The Kier molecular flexibility index (Phi) is 11.1. The molecule has 0 aliphatic rings. The molecule has 5 aromatic rings. The fourth-order valence-electron chi connectivity index (χ4n) is 5.59. The monoisotopic (exact) mass is 638 g/mol. The molecule has 0 saturated carbocycles. The first-order valence-electron chi connectivity index (χ1n) is 15.7. The molecule has 45 heavy (non-hydrogen) atoms. The van der Waals surface area contributed by atoms with Gasteiger partial charge in [-0.1, -0.05) is 60.8 Å². The van der Waals surface area contributed by atoms with Gasteiger partial charge in [0.05, 0.1) is 0 Å². The van der Waals surface area contributed by atoms with Crippen LogP contribution in [0, 0.1) is 6.92 Å². The van der Waals surface area contributed by atoms with E-state index in [0.29, 0.717) is 46.2 Å². The number of aryl methyl sites for hydroxylation is 2. The maximum Gasteiger partial charge on any atom is 0.210 e. The third-order valence-corrected chi connectivity index (χ3v) is 9.31. The van der Waals surface area contributed by atoms with E-state index in [2.05, 4.69) is 23.6 Å². The number of unbranched alkanes of at least 4 members (excludes halogenated alkanes) is 3. The molecule has 0 spiro atoms. The summed E-state index contributed by atoms with van der Waals surface area (Å²) in [5.74, 6) is 0.516. The number of aromatic nitrogens is 1. The maximum atomic E-state index is 14.0. The lowest BCUT2D eigenvalue weighted by atomic mass is 9.97. The van der Waals surface area contributed by atoms with Crippen molar-refractivity contribution in [3.63, 3.8) is 0 Å². The number of oxime groups is 1. The fourth-order valence-corrected chi connectivity index (χ4v) is 6.58. The fraction of sp³-hybridized carbons (Fsp3) is 0.289. The number of carbonyl (C=O) groups excluding carboxylic acids is 2. The Morgan fingerprint density at radius 2 is 1.53 bits per heavy atom. The Morgan fingerprint density at radius 1 is 0.844 bits per heavy atom. The number of hydrogen-bond donors (Lipinski definition) is 0. The van der Waals surface area contributed by atoms with E-state index >= 15 is 0 Å². The minimum Gasteiger partial charge on any atom is -0.395 e. The SMILES string of the molecule is CCCCCCO/N=C(\CCSc1ccc(Cl)cc1)C(=O)c1ccc2c(c1)c1cc(C(=O)c3ccccc3C)ccc1n2CC. The Bertz CT molecular complexity index is 1840. The maximum absolute atomic E-state index is 14.0. The van der Waals surface area contributed by atoms with Gasteiger partial charge in [0.2, 0.25) is 5.78 Å². The average Bonchev–Trinajstić information content (AvgIpc) is 3.38. The molecule has 0 radical (unpaired) electrons. The quantitative estimate of drug-likeness (QED) is 0.0376. The Morgan fingerprint density at radius 3 is 2.22 bits per heavy atom. The number of Topliss-reactive ketones (excluding diaryl/α,β-unsaturated/α-hetero) is 1. The summed E-state index contributed by atoms with van der Waals surface area (Å²) in [7, 11) is 0. The zero-order valence-corrected chi connectivity index (χ0v) is 27.7. The van der Waals surface area contributed by atoms with Crippen LogP contribution in [0.2, 0.25) is 5.02 Å². The van der Waals surface area contributed by atoms with E-state index in [1.807, 2.05) is 91.9 Å². The van der Waals surface area contributed by atoms with Crippen LogP contribution in [0.15, 0.2) is 95.0 Å². The van der Waals surface area contributed by atoms with E-state index in [-0.39, 0.29) is 11.6 Å². The topological polar surface area (TPSA) is 60.7 Å². The van der Waals surface area contributed by atoms with Gasteiger partial charge in [0.1, 0.15) is 12.3 Å². The van der Waals surface area contributed by atoms with Gasteiger partial charge in [-0.2, -0.15) is 0 Å². The van der Waals surface area contributed by atoms with Crippen LogP contribution in [0.5, 0.6) is 0 Å². The second kappa shape index (κ2) is 15.4. The average molecular weight is 639 g/mol. The summed E-state index contributed by atoms with van der Waals surface area (Å²) in [6.45, 7) is 7.48. The van der Waals surface area contributed by atoms with Gasteiger partial charge in [0.15, 0.2) is 5.78 Å². The lowest BCUT2D eigenvalue weighted by Gasteiger charge is -2.08. The lowest BCUT2D eigenvalue weighted by Crippen LogP contribution is -2.16. The van der Waals surface area contributed by atoms with Crippen molar-refractivity contribution in [3.05, 3.63) is 112 Å². The van der Waals surface area contributed by atoms with Crippen LogP contribution < -0.4 is 0 Å². The van der Waals surface area contributed by atoms with Crippen LogP contribution in [0.4, 0.5) is 0 Å². The molecule has 4 aromatic carbocycles. The first kappa shape index (κ1) is 32.5. The number of halogens is 1. The van der Waals surface area contributed by atoms with Crippen molar-refractivity contribution < 1.29 is 14.4 Å². The molecule has 7 heteroatoms. The molecule has 0 fully saturated rings. The lowest BCUT2D eigenvalue weighted by molar-refractivity contribution is 0.103. The van der Waals surface area contributed by atoms with Crippen molar-refractivity contribution in [1.29, 1.82) is 0 Å². The highest BCUT2D eigenvalue weighted by Gasteiger charge is 2.20. The molecule has 0 N–H and O–H groups in total. The highest BCUT2D eigenvalue weighted by Crippen LogP contribution is 2.32. The van der Waals surface area contributed by atoms with Gasteiger partial charge in [0, 0.05) is 67.1 Å². The van der Waals surface area contributed by atoms with Gasteiger partial charge >= 0.3 is 0 Å². The number of carbonyl (C=O) groups is 2. The largest absolute Gasteiger partial charge is 0.395 e. The summed E-state index contributed by atoms with van der Waals surface area (Å²) >= 11 is 7.70.